The van der Waals surface area contributed by atoms with Crippen molar-refractivity contribution in [3.8, 4) is 0 Å². The molecule has 2 amide bonds. The number of nitrogens with zero attached hydrogens (tertiary/aromatic N) is 1. The van der Waals surface area contributed by atoms with Gasteiger partial charge in [0.2, 0.25) is 5.91 Å². The number of furan rings is 1. The van der Waals surface area contributed by atoms with E-state index in [0.29, 0.717) is 26.2 Å². The van der Waals surface area contributed by atoms with Crippen molar-refractivity contribution in [2.45, 2.75) is 12.8 Å². The summed E-state index contributed by atoms with van der Waals surface area (Å²) in [6, 6.07) is 3.08. The molecule has 0 saturated carbocycles. The van der Waals surface area contributed by atoms with E-state index in [1.54, 1.807) is 11.0 Å². The van der Waals surface area contributed by atoms with E-state index in [1.807, 2.05) is 0 Å². The van der Waals surface area contributed by atoms with Crippen LogP contribution in [0.15, 0.2) is 16.5 Å². The van der Waals surface area contributed by atoms with Gasteiger partial charge in [0.15, 0.2) is 11.0 Å². The SMILES string of the molecule is NCCNC(=O)C1CCCN(C(=O)c2ccc(Cl)o2)C1. The molecule has 7 heteroatoms. The van der Waals surface area contributed by atoms with Crippen LogP contribution in [-0.2, 0) is 4.79 Å². The van der Waals surface area contributed by atoms with E-state index in [0.717, 1.165) is 12.8 Å². The third-order valence-electron chi connectivity index (χ3n) is 3.31. The van der Waals surface area contributed by atoms with Crippen LogP contribution in [0.1, 0.15) is 23.4 Å². The van der Waals surface area contributed by atoms with Crippen LogP contribution in [0.2, 0.25) is 5.22 Å². The molecule has 110 valence electrons. The van der Waals surface area contributed by atoms with Gasteiger partial charge in [0.25, 0.3) is 5.91 Å². The number of rotatable bonds is 4. The van der Waals surface area contributed by atoms with Crippen molar-refractivity contribution < 1.29 is 14.0 Å². The number of hydrogen-bond donors (Lipinski definition) is 2. The molecule has 2 heterocycles. The van der Waals surface area contributed by atoms with Gasteiger partial charge in [0, 0.05) is 26.2 Å². The summed E-state index contributed by atoms with van der Waals surface area (Å²) in [4.78, 5) is 25.8. The Balaban J connectivity index is 1.96. The van der Waals surface area contributed by atoms with E-state index in [1.165, 1.54) is 6.07 Å². The van der Waals surface area contributed by atoms with Crippen LogP contribution in [0.3, 0.4) is 0 Å². The van der Waals surface area contributed by atoms with Crippen LogP contribution in [0.5, 0.6) is 0 Å². The minimum atomic E-state index is -0.228. The predicted molar refractivity (Wildman–Crippen MR) is 74.4 cm³/mol. The van der Waals surface area contributed by atoms with E-state index >= 15 is 0 Å². The van der Waals surface area contributed by atoms with Gasteiger partial charge in [-0.3, -0.25) is 9.59 Å². The number of amides is 2. The van der Waals surface area contributed by atoms with Crippen molar-refractivity contribution in [3.63, 3.8) is 0 Å². The van der Waals surface area contributed by atoms with Crippen molar-refractivity contribution in [1.29, 1.82) is 0 Å². The average molecular weight is 300 g/mol. The predicted octanol–water partition coefficient (Wildman–Crippen LogP) is 0.860. The number of carbonyl (C=O) groups is 2. The van der Waals surface area contributed by atoms with Gasteiger partial charge in [0.1, 0.15) is 0 Å². The van der Waals surface area contributed by atoms with Crippen LogP contribution in [0.4, 0.5) is 0 Å². The highest BCUT2D eigenvalue weighted by Crippen LogP contribution is 2.21. The Morgan fingerprint density at radius 2 is 2.30 bits per heavy atom. The number of piperidine rings is 1. The van der Waals surface area contributed by atoms with Crippen molar-refractivity contribution in [2.75, 3.05) is 26.2 Å². The Bertz CT molecular complexity index is 489. The summed E-state index contributed by atoms with van der Waals surface area (Å²) in [5.41, 5.74) is 5.36. The van der Waals surface area contributed by atoms with Crippen molar-refractivity contribution in [1.82, 2.24) is 10.2 Å². The van der Waals surface area contributed by atoms with Gasteiger partial charge in [-0.05, 0) is 36.6 Å². The molecule has 6 nitrogen and oxygen atoms in total. The second-order valence-corrected chi connectivity index (χ2v) is 5.15. The first kappa shape index (κ1) is 14.9. The molecular weight excluding hydrogens is 282 g/mol. The highest BCUT2D eigenvalue weighted by atomic mass is 35.5. The first-order chi connectivity index (χ1) is 9.61. The summed E-state index contributed by atoms with van der Waals surface area (Å²) in [6.45, 7) is 1.88. The van der Waals surface area contributed by atoms with E-state index in [-0.39, 0.29) is 28.7 Å². The number of likely N-dealkylation sites (tertiary alicyclic amines) is 1. The molecule has 2 rings (SSSR count). The molecule has 0 radical (unpaired) electrons. The van der Waals surface area contributed by atoms with Gasteiger partial charge in [-0.15, -0.1) is 0 Å². The molecule has 1 aromatic heterocycles. The van der Waals surface area contributed by atoms with Crippen LogP contribution in [0, 0.1) is 5.92 Å². The fraction of sp³-hybridized carbons (Fsp3) is 0.538. The van der Waals surface area contributed by atoms with Crippen LogP contribution in [-0.4, -0.2) is 42.9 Å². The van der Waals surface area contributed by atoms with Gasteiger partial charge in [-0.2, -0.15) is 0 Å². The van der Waals surface area contributed by atoms with Crippen molar-refractivity contribution in [2.24, 2.45) is 11.7 Å². The molecule has 1 unspecified atom stereocenters. The normalized spacial score (nSPS) is 18.9. The standard InChI is InChI=1S/C13H18ClN3O3/c14-11-4-3-10(20-11)13(19)17-7-1-2-9(8-17)12(18)16-6-5-15/h3-4,9H,1-2,5-8,15H2,(H,16,18). The third-order valence-corrected chi connectivity index (χ3v) is 3.51. The second kappa shape index (κ2) is 6.76. The Morgan fingerprint density at radius 3 is 2.95 bits per heavy atom. The zero-order valence-corrected chi connectivity index (χ0v) is 11.9. The molecule has 0 aromatic carbocycles. The minimum Gasteiger partial charge on any atom is -0.440 e. The fourth-order valence-electron chi connectivity index (χ4n) is 2.30. The monoisotopic (exact) mass is 299 g/mol. The third kappa shape index (κ3) is 3.52. The highest BCUT2D eigenvalue weighted by Gasteiger charge is 2.29. The van der Waals surface area contributed by atoms with Crippen LogP contribution >= 0.6 is 11.6 Å². The maximum atomic E-state index is 12.2. The largest absolute Gasteiger partial charge is 0.440 e. The molecule has 1 aliphatic rings. The van der Waals surface area contributed by atoms with Gasteiger partial charge in [0.05, 0.1) is 5.92 Å². The summed E-state index contributed by atoms with van der Waals surface area (Å²) < 4.78 is 5.12. The molecule has 1 atom stereocenters. The number of carbonyl (C=O) groups excluding carboxylic acids is 2. The number of nitrogens with two attached hydrogens (primary N) is 1. The highest BCUT2D eigenvalue weighted by molar-refractivity contribution is 6.29. The van der Waals surface area contributed by atoms with Crippen molar-refractivity contribution in [3.05, 3.63) is 23.1 Å². The lowest BCUT2D eigenvalue weighted by Crippen LogP contribution is -2.46. The summed E-state index contributed by atoms with van der Waals surface area (Å²) in [5, 5.41) is 2.94. The van der Waals surface area contributed by atoms with Crippen LogP contribution < -0.4 is 11.1 Å². The second-order valence-electron chi connectivity index (χ2n) is 4.77. The molecule has 1 aliphatic heterocycles. The van der Waals surface area contributed by atoms with E-state index in [4.69, 9.17) is 21.8 Å². The molecule has 1 fully saturated rings. The average Bonchev–Trinajstić information content (AvgIpc) is 2.90. The molecule has 20 heavy (non-hydrogen) atoms. The minimum absolute atomic E-state index is 0.0505. The summed E-state index contributed by atoms with van der Waals surface area (Å²) >= 11 is 5.67. The zero-order chi connectivity index (χ0) is 14.5. The Labute approximate surface area is 122 Å². The van der Waals surface area contributed by atoms with E-state index < -0.39 is 0 Å². The number of halogens is 1. The molecule has 1 aromatic rings. The molecule has 3 N–H and O–H groups in total. The number of hydrogen-bond acceptors (Lipinski definition) is 4. The maximum absolute atomic E-state index is 12.2. The van der Waals surface area contributed by atoms with Gasteiger partial charge in [-0.1, -0.05) is 0 Å². The first-order valence-corrected chi connectivity index (χ1v) is 7.02. The zero-order valence-electron chi connectivity index (χ0n) is 11.1. The van der Waals surface area contributed by atoms with E-state index in [9.17, 15) is 9.59 Å². The maximum Gasteiger partial charge on any atom is 0.289 e. The molecule has 0 aliphatic carbocycles. The summed E-state index contributed by atoms with van der Waals surface area (Å²) in [6.07, 6.45) is 1.57. The van der Waals surface area contributed by atoms with Gasteiger partial charge in [-0.25, -0.2) is 0 Å². The van der Waals surface area contributed by atoms with E-state index in [2.05, 4.69) is 5.32 Å². The Morgan fingerprint density at radius 1 is 1.50 bits per heavy atom. The lowest BCUT2D eigenvalue weighted by molar-refractivity contribution is -0.126. The topological polar surface area (TPSA) is 88.6 Å². The Kier molecular flexibility index (Phi) is 5.03. The lowest BCUT2D eigenvalue weighted by atomic mass is 9.97. The quantitative estimate of drug-likeness (QED) is 0.863. The van der Waals surface area contributed by atoms with Gasteiger partial charge >= 0.3 is 0 Å². The molecule has 0 spiro atoms. The summed E-state index contributed by atoms with van der Waals surface area (Å²) in [7, 11) is 0. The molecule has 0 bridgehead atoms. The van der Waals surface area contributed by atoms with Crippen LogP contribution in [0.25, 0.3) is 0 Å². The van der Waals surface area contributed by atoms with Gasteiger partial charge < -0.3 is 20.4 Å². The lowest BCUT2D eigenvalue weighted by Gasteiger charge is -2.31. The van der Waals surface area contributed by atoms with Crippen molar-refractivity contribution >= 4 is 23.4 Å². The molecular formula is C13H18ClN3O3. The smallest absolute Gasteiger partial charge is 0.289 e. The Hall–Kier alpha value is -1.53. The first-order valence-electron chi connectivity index (χ1n) is 6.64. The fourth-order valence-corrected chi connectivity index (χ4v) is 2.45. The molecule has 1 saturated heterocycles. The number of nitrogens with one attached hydrogen (secondary N) is 1. The summed E-state index contributed by atoms with van der Waals surface area (Å²) in [5.74, 6) is -0.263.